The van der Waals surface area contributed by atoms with Gasteiger partial charge in [-0.15, -0.1) is 0 Å². The smallest absolute Gasteiger partial charge is 0.163 e. The van der Waals surface area contributed by atoms with Gasteiger partial charge in [0.05, 0.1) is 19.3 Å². The zero-order valence-corrected chi connectivity index (χ0v) is 11.1. The molecule has 1 fully saturated rings. The summed E-state index contributed by atoms with van der Waals surface area (Å²) in [7, 11) is 1.61. The molecule has 3 heteroatoms. The van der Waals surface area contributed by atoms with Gasteiger partial charge in [0, 0.05) is 6.07 Å². The van der Waals surface area contributed by atoms with Crippen molar-refractivity contribution in [3.8, 4) is 11.5 Å². The molecule has 0 aromatic heterocycles. The van der Waals surface area contributed by atoms with Crippen molar-refractivity contribution in [3.05, 3.63) is 23.8 Å². The lowest BCUT2D eigenvalue weighted by Gasteiger charge is -2.14. The fourth-order valence-corrected chi connectivity index (χ4v) is 2.42. The van der Waals surface area contributed by atoms with Crippen LogP contribution in [-0.2, 0) is 0 Å². The van der Waals surface area contributed by atoms with Gasteiger partial charge in [0.2, 0.25) is 0 Å². The first-order valence-corrected chi connectivity index (χ1v) is 6.52. The standard InChI is InChI=1S/C15H20O3/c1-11(16)14-8-7-13(17-2)9-15(14)18-10-12-5-3-4-6-12/h7-9,12H,3-6,10H2,1-2H3. The number of hydrogen-bond donors (Lipinski definition) is 0. The highest BCUT2D eigenvalue weighted by Crippen LogP contribution is 2.29. The summed E-state index contributed by atoms with van der Waals surface area (Å²) in [4.78, 5) is 11.5. The van der Waals surface area contributed by atoms with Gasteiger partial charge in [-0.05, 0) is 37.8 Å². The van der Waals surface area contributed by atoms with E-state index in [1.165, 1.54) is 25.7 Å². The predicted octanol–water partition coefficient (Wildman–Crippen LogP) is 3.47. The monoisotopic (exact) mass is 248 g/mol. The molecule has 0 unspecified atom stereocenters. The molecular weight excluding hydrogens is 228 g/mol. The molecule has 2 rings (SSSR count). The van der Waals surface area contributed by atoms with Crippen LogP contribution < -0.4 is 9.47 Å². The van der Waals surface area contributed by atoms with Crippen LogP contribution in [0.5, 0.6) is 11.5 Å². The summed E-state index contributed by atoms with van der Waals surface area (Å²) in [6.07, 6.45) is 5.07. The summed E-state index contributed by atoms with van der Waals surface area (Å²) in [6.45, 7) is 2.26. The SMILES string of the molecule is COc1ccc(C(C)=O)c(OCC2CCCC2)c1. The number of rotatable bonds is 5. The number of carbonyl (C=O) groups excluding carboxylic acids is 1. The maximum absolute atomic E-state index is 11.5. The summed E-state index contributed by atoms with van der Waals surface area (Å²) in [6, 6.07) is 5.36. The quantitative estimate of drug-likeness (QED) is 0.748. The normalized spacial score (nSPS) is 15.7. The van der Waals surface area contributed by atoms with Gasteiger partial charge in [0.15, 0.2) is 5.78 Å². The second-order valence-corrected chi connectivity index (χ2v) is 4.88. The second kappa shape index (κ2) is 5.89. The van der Waals surface area contributed by atoms with Crippen LogP contribution in [0.4, 0.5) is 0 Å². The van der Waals surface area contributed by atoms with Crippen LogP contribution in [-0.4, -0.2) is 19.5 Å². The summed E-state index contributed by atoms with van der Waals surface area (Å²) >= 11 is 0. The van der Waals surface area contributed by atoms with Crippen molar-refractivity contribution >= 4 is 5.78 Å². The number of hydrogen-bond acceptors (Lipinski definition) is 3. The first-order valence-electron chi connectivity index (χ1n) is 6.52. The van der Waals surface area contributed by atoms with E-state index in [2.05, 4.69) is 0 Å². The van der Waals surface area contributed by atoms with Crippen molar-refractivity contribution in [2.24, 2.45) is 5.92 Å². The molecule has 0 bridgehead atoms. The van der Waals surface area contributed by atoms with Crippen molar-refractivity contribution in [1.82, 2.24) is 0 Å². The van der Waals surface area contributed by atoms with Gasteiger partial charge >= 0.3 is 0 Å². The lowest BCUT2D eigenvalue weighted by Crippen LogP contribution is -2.10. The number of ether oxygens (including phenoxy) is 2. The maximum Gasteiger partial charge on any atom is 0.163 e. The molecule has 1 aromatic carbocycles. The first kappa shape index (κ1) is 12.9. The summed E-state index contributed by atoms with van der Waals surface area (Å²) in [5.41, 5.74) is 0.633. The Kier molecular flexibility index (Phi) is 4.24. The van der Waals surface area contributed by atoms with Gasteiger partial charge in [-0.1, -0.05) is 12.8 Å². The van der Waals surface area contributed by atoms with Crippen molar-refractivity contribution in [3.63, 3.8) is 0 Å². The highest BCUT2D eigenvalue weighted by atomic mass is 16.5. The molecule has 0 aliphatic heterocycles. The van der Waals surface area contributed by atoms with Crippen LogP contribution in [0.2, 0.25) is 0 Å². The largest absolute Gasteiger partial charge is 0.497 e. The molecule has 0 spiro atoms. The number of ketones is 1. The highest BCUT2D eigenvalue weighted by molar-refractivity contribution is 5.97. The molecule has 0 atom stereocenters. The molecule has 1 aliphatic rings. The lowest BCUT2D eigenvalue weighted by molar-refractivity contribution is 0.101. The molecule has 0 saturated heterocycles. The average Bonchev–Trinajstić information content (AvgIpc) is 2.88. The molecular formula is C15H20O3. The Balaban J connectivity index is 2.10. The van der Waals surface area contributed by atoms with E-state index in [1.807, 2.05) is 0 Å². The molecule has 0 amide bonds. The fraction of sp³-hybridized carbons (Fsp3) is 0.533. The van der Waals surface area contributed by atoms with Crippen LogP contribution >= 0.6 is 0 Å². The topological polar surface area (TPSA) is 35.5 Å². The van der Waals surface area contributed by atoms with Gasteiger partial charge in [-0.25, -0.2) is 0 Å². The average molecular weight is 248 g/mol. The summed E-state index contributed by atoms with van der Waals surface area (Å²) in [5.74, 6) is 2.03. The van der Waals surface area contributed by atoms with E-state index in [-0.39, 0.29) is 5.78 Å². The van der Waals surface area contributed by atoms with E-state index in [1.54, 1.807) is 32.2 Å². The lowest BCUT2D eigenvalue weighted by atomic mass is 10.1. The van der Waals surface area contributed by atoms with Gasteiger partial charge in [-0.3, -0.25) is 4.79 Å². The number of carbonyl (C=O) groups is 1. The molecule has 18 heavy (non-hydrogen) atoms. The molecule has 0 N–H and O–H groups in total. The van der Waals surface area contributed by atoms with Crippen LogP contribution in [0, 0.1) is 5.92 Å². The number of benzene rings is 1. The van der Waals surface area contributed by atoms with E-state index >= 15 is 0 Å². The Morgan fingerprint density at radius 2 is 2.06 bits per heavy atom. The van der Waals surface area contributed by atoms with Crippen LogP contribution in [0.15, 0.2) is 18.2 Å². The minimum atomic E-state index is 0.0269. The molecule has 0 heterocycles. The van der Waals surface area contributed by atoms with E-state index in [0.29, 0.717) is 23.8 Å². The third kappa shape index (κ3) is 3.03. The molecule has 98 valence electrons. The summed E-state index contributed by atoms with van der Waals surface area (Å²) in [5, 5.41) is 0. The summed E-state index contributed by atoms with van der Waals surface area (Å²) < 4.78 is 11.0. The molecule has 3 nitrogen and oxygen atoms in total. The van der Waals surface area contributed by atoms with Gasteiger partial charge in [0.25, 0.3) is 0 Å². The van der Waals surface area contributed by atoms with E-state index in [0.717, 1.165) is 5.75 Å². The predicted molar refractivity (Wildman–Crippen MR) is 70.5 cm³/mol. The Bertz CT molecular complexity index is 420. The van der Waals surface area contributed by atoms with Crippen LogP contribution in [0.1, 0.15) is 43.0 Å². The first-order chi connectivity index (χ1) is 8.70. The van der Waals surface area contributed by atoms with E-state index in [4.69, 9.17) is 9.47 Å². The Morgan fingerprint density at radius 3 is 2.67 bits per heavy atom. The minimum Gasteiger partial charge on any atom is -0.497 e. The Morgan fingerprint density at radius 1 is 1.33 bits per heavy atom. The maximum atomic E-state index is 11.5. The Hall–Kier alpha value is -1.51. The third-order valence-corrected chi connectivity index (χ3v) is 3.52. The van der Waals surface area contributed by atoms with Crippen molar-refractivity contribution in [2.45, 2.75) is 32.6 Å². The van der Waals surface area contributed by atoms with Gasteiger partial charge in [0.1, 0.15) is 11.5 Å². The Labute approximate surface area is 108 Å². The molecule has 1 aliphatic carbocycles. The van der Waals surface area contributed by atoms with Gasteiger partial charge < -0.3 is 9.47 Å². The van der Waals surface area contributed by atoms with Crippen molar-refractivity contribution < 1.29 is 14.3 Å². The zero-order chi connectivity index (χ0) is 13.0. The van der Waals surface area contributed by atoms with Crippen LogP contribution in [0.25, 0.3) is 0 Å². The van der Waals surface area contributed by atoms with E-state index < -0.39 is 0 Å². The van der Waals surface area contributed by atoms with Gasteiger partial charge in [-0.2, -0.15) is 0 Å². The molecule has 1 saturated carbocycles. The fourth-order valence-electron chi connectivity index (χ4n) is 2.42. The van der Waals surface area contributed by atoms with Crippen molar-refractivity contribution in [2.75, 3.05) is 13.7 Å². The van der Waals surface area contributed by atoms with Crippen molar-refractivity contribution in [1.29, 1.82) is 0 Å². The van der Waals surface area contributed by atoms with E-state index in [9.17, 15) is 4.79 Å². The zero-order valence-electron chi connectivity index (χ0n) is 11.1. The second-order valence-electron chi connectivity index (χ2n) is 4.88. The van der Waals surface area contributed by atoms with Crippen LogP contribution in [0.3, 0.4) is 0 Å². The third-order valence-electron chi connectivity index (χ3n) is 3.52. The minimum absolute atomic E-state index is 0.0269. The number of Topliss-reactive ketones (excluding diaryl/α,β-unsaturated/α-hetero) is 1. The number of methoxy groups -OCH3 is 1. The molecule has 1 aromatic rings. The highest BCUT2D eigenvalue weighted by Gasteiger charge is 2.17. The molecule has 0 radical (unpaired) electrons.